The van der Waals surface area contributed by atoms with E-state index in [9.17, 15) is 9.59 Å². The molecule has 0 aromatic heterocycles. The first kappa shape index (κ1) is 18.9. The van der Waals surface area contributed by atoms with E-state index in [2.05, 4.69) is 0 Å². The van der Waals surface area contributed by atoms with E-state index in [0.717, 1.165) is 16.7 Å². The molecule has 1 atom stereocenters. The topological polar surface area (TPSA) is 40.6 Å². The lowest BCUT2D eigenvalue weighted by molar-refractivity contribution is -0.136. The van der Waals surface area contributed by atoms with Gasteiger partial charge in [0.25, 0.3) is 0 Å². The van der Waals surface area contributed by atoms with E-state index < -0.39 is 0 Å². The van der Waals surface area contributed by atoms with E-state index in [-0.39, 0.29) is 30.3 Å². The summed E-state index contributed by atoms with van der Waals surface area (Å²) in [5, 5.41) is 0. The summed E-state index contributed by atoms with van der Waals surface area (Å²) in [6.45, 7) is 6.16. The highest BCUT2D eigenvalue weighted by Crippen LogP contribution is 2.33. The van der Waals surface area contributed by atoms with Crippen molar-refractivity contribution in [2.75, 3.05) is 0 Å². The monoisotopic (exact) mass is 362 g/mol. The Kier molecular flexibility index (Phi) is 5.75. The maximum Gasteiger partial charge on any atom is 0.225 e. The summed E-state index contributed by atoms with van der Waals surface area (Å²) in [6, 6.07) is 17.8. The van der Waals surface area contributed by atoms with Crippen LogP contribution in [0.25, 0.3) is 6.08 Å². The maximum absolute atomic E-state index is 13.2. The molecule has 1 aliphatic rings. The van der Waals surface area contributed by atoms with Crippen LogP contribution in [0.15, 0.2) is 60.8 Å². The van der Waals surface area contributed by atoms with Crippen molar-refractivity contribution in [3.8, 4) is 0 Å². The Labute approximate surface area is 161 Å². The molecule has 2 aromatic carbocycles. The van der Waals surface area contributed by atoms with Gasteiger partial charge in [0.05, 0.1) is 12.5 Å². The molecule has 0 fully saturated rings. The van der Waals surface area contributed by atoms with Crippen molar-refractivity contribution in [3.63, 3.8) is 0 Å². The number of nitrogens with zero attached hydrogens (tertiary/aromatic N) is 2. The molecule has 0 saturated carbocycles. The third kappa shape index (κ3) is 4.27. The summed E-state index contributed by atoms with van der Waals surface area (Å²) in [4.78, 5) is 28.9. The van der Waals surface area contributed by atoms with Crippen LogP contribution in [0.5, 0.6) is 0 Å². The zero-order valence-electron chi connectivity index (χ0n) is 16.1. The predicted molar refractivity (Wildman–Crippen MR) is 107 cm³/mol. The van der Waals surface area contributed by atoms with Crippen LogP contribution in [0, 0.1) is 0 Å². The second-order valence-corrected chi connectivity index (χ2v) is 7.19. The molecule has 1 aliphatic heterocycles. The molecule has 4 nitrogen and oxygen atoms in total. The molecular weight excluding hydrogens is 336 g/mol. The number of amides is 2. The predicted octanol–water partition coefficient (Wildman–Crippen LogP) is 4.39. The second-order valence-electron chi connectivity index (χ2n) is 7.19. The number of benzene rings is 2. The first-order valence-electron chi connectivity index (χ1n) is 9.37. The van der Waals surface area contributed by atoms with Crippen molar-refractivity contribution in [2.24, 2.45) is 0 Å². The van der Waals surface area contributed by atoms with Crippen LogP contribution in [0.4, 0.5) is 0 Å². The van der Waals surface area contributed by atoms with E-state index >= 15 is 0 Å². The first-order valence-corrected chi connectivity index (χ1v) is 9.37. The van der Waals surface area contributed by atoms with Gasteiger partial charge in [0.2, 0.25) is 11.8 Å². The van der Waals surface area contributed by atoms with Crippen molar-refractivity contribution in [1.82, 2.24) is 9.80 Å². The minimum Gasteiger partial charge on any atom is -0.336 e. The summed E-state index contributed by atoms with van der Waals surface area (Å²) in [6.07, 6.45) is 3.99. The summed E-state index contributed by atoms with van der Waals surface area (Å²) in [5.41, 5.74) is 3.19. The quantitative estimate of drug-likeness (QED) is 0.791. The largest absolute Gasteiger partial charge is 0.336 e. The van der Waals surface area contributed by atoms with Crippen LogP contribution >= 0.6 is 0 Å². The van der Waals surface area contributed by atoms with Gasteiger partial charge in [-0.2, -0.15) is 0 Å². The van der Waals surface area contributed by atoms with Crippen LogP contribution in [0.2, 0.25) is 0 Å². The molecule has 27 heavy (non-hydrogen) atoms. The normalized spacial score (nSPS) is 15.6. The summed E-state index contributed by atoms with van der Waals surface area (Å²) < 4.78 is 0. The summed E-state index contributed by atoms with van der Waals surface area (Å²) in [5.74, 6) is -0.00656. The molecule has 0 aliphatic carbocycles. The second kappa shape index (κ2) is 8.21. The Morgan fingerprint density at radius 1 is 1.04 bits per heavy atom. The number of fused-ring (bicyclic) bond motifs is 1. The van der Waals surface area contributed by atoms with Crippen molar-refractivity contribution < 1.29 is 9.59 Å². The van der Waals surface area contributed by atoms with E-state index in [1.165, 1.54) is 0 Å². The Morgan fingerprint density at radius 2 is 1.70 bits per heavy atom. The van der Waals surface area contributed by atoms with E-state index in [1.807, 2.05) is 79.4 Å². The molecule has 0 bridgehead atoms. The maximum atomic E-state index is 13.2. The van der Waals surface area contributed by atoms with E-state index in [0.29, 0.717) is 6.54 Å². The van der Waals surface area contributed by atoms with Gasteiger partial charge in [-0.25, -0.2) is 0 Å². The Hall–Kier alpha value is -2.88. The number of carbonyl (C=O) groups excluding carboxylic acids is 2. The molecule has 140 valence electrons. The lowest BCUT2D eigenvalue weighted by atomic mass is 9.93. The van der Waals surface area contributed by atoms with Crippen LogP contribution in [-0.4, -0.2) is 27.7 Å². The van der Waals surface area contributed by atoms with E-state index in [4.69, 9.17) is 0 Å². The summed E-state index contributed by atoms with van der Waals surface area (Å²) >= 11 is 0. The van der Waals surface area contributed by atoms with Crippen LogP contribution in [0.3, 0.4) is 0 Å². The number of hydrogen-bond donors (Lipinski definition) is 0. The van der Waals surface area contributed by atoms with Crippen molar-refractivity contribution in [1.29, 1.82) is 0 Å². The van der Waals surface area contributed by atoms with Crippen LogP contribution in [-0.2, 0) is 16.1 Å². The smallest absolute Gasteiger partial charge is 0.225 e. The number of carbonyl (C=O) groups is 2. The minimum atomic E-state index is -0.270. The third-order valence-electron chi connectivity index (χ3n) is 4.98. The van der Waals surface area contributed by atoms with E-state index in [1.54, 1.807) is 18.0 Å². The molecule has 1 heterocycles. The van der Waals surface area contributed by atoms with Crippen molar-refractivity contribution in [2.45, 2.75) is 45.8 Å². The van der Waals surface area contributed by atoms with Gasteiger partial charge >= 0.3 is 0 Å². The minimum absolute atomic E-state index is 0.0511. The van der Waals surface area contributed by atoms with Gasteiger partial charge in [0.15, 0.2) is 0 Å². The van der Waals surface area contributed by atoms with Gasteiger partial charge in [-0.15, -0.1) is 0 Å². The molecule has 0 saturated heterocycles. The summed E-state index contributed by atoms with van der Waals surface area (Å²) in [7, 11) is 0. The van der Waals surface area contributed by atoms with Gasteiger partial charge in [-0.05, 0) is 36.6 Å². The fourth-order valence-electron chi connectivity index (χ4n) is 3.53. The third-order valence-corrected chi connectivity index (χ3v) is 4.98. The average molecular weight is 362 g/mol. The lowest BCUT2D eigenvalue weighted by Gasteiger charge is -2.35. The highest BCUT2D eigenvalue weighted by molar-refractivity contribution is 5.82. The molecule has 2 aromatic rings. The van der Waals surface area contributed by atoms with Crippen LogP contribution in [0.1, 0.15) is 49.9 Å². The van der Waals surface area contributed by atoms with Gasteiger partial charge in [-0.3, -0.25) is 9.59 Å². The number of rotatable bonds is 5. The zero-order chi connectivity index (χ0) is 19.4. The molecule has 4 heteroatoms. The molecule has 1 unspecified atom stereocenters. The van der Waals surface area contributed by atoms with Gasteiger partial charge in [-0.1, -0.05) is 54.6 Å². The Bertz CT molecular complexity index is 842. The molecular formula is C23H26N2O2. The van der Waals surface area contributed by atoms with Crippen molar-refractivity contribution >= 4 is 17.9 Å². The molecule has 3 rings (SSSR count). The molecule has 2 amide bonds. The van der Waals surface area contributed by atoms with Crippen molar-refractivity contribution in [3.05, 3.63) is 77.5 Å². The first-order chi connectivity index (χ1) is 13.0. The highest BCUT2D eigenvalue weighted by Gasteiger charge is 2.30. The fraction of sp³-hybridized carbons (Fsp3) is 0.304. The van der Waals surface area contributed by atoms with Gasteiger partial charge < -0.3 is 9.80 Å². The fourth-order valence-corrected chi connectivity index (χ4v) is 3.53. The Balaban J connectivity index is 1.85. The van der Waals surface area contributed by atoms with Crippen LogP contribution < -0.4 is 0 Å². The number of hydrogen-bond acceptors (Lipinski definition) is 2. The molecule has 0 spiro atoms. The lowest BCUT2D eigenvalue weighted by Crippen LogP contribution is -2.40. The Morgan fingerprint density at radius 3 is 2.37 bits per heavy atom. The SMILES string of the molecule is CC(=O)N1C=Cc2ccccc2C1CC(=O)N(Cc1ccccc1)C(C)C. The zero-order valence-corrected chi connectivity index (χ0v) is 16.1. The molecule has 0 N–H and O–H groups in total. The standard InChI is InChI=1S/C23H26N2O2/c1-17(2)25(16-19-9-5-4-6-10-19)23(27)15-22-21-12-8-7-11-20(21)13-14-24(22)18(3)26/h4-14,17,22H,15-16H2,1-3H3. The van der Waals surface area contributed by atoms with Gasteiger partial charge in [0, 0.05) is 25.7 Å². The average Bonchev–Trinajstić information content (AvgIpc) is 2.66. The molecule has 0 radical (unpaired) electrons. The van der Waals surface area contributed by atoms with Gasteiger partial charge in [0.1, 0.15) is 0 Å². The highest BCUT2D eigenvalue weighted by atomic mass is 16.2.